The van der Waals surface area contributed by atoms with Crippen molar-refractivity contribution in [1.29, 1.82) is 0 Å². The first-order valence-electron chi connectivity index (χ1n) is 8.49. The van der Waals surface area contributed by atoms with Gasteiger partial charge in [0.2, 0.25) is 0 Å². The van der Waals surface area contributed by atoms with Gasteiger partial charge in [-0.2, -0.15) is 0 Å². The summed E-state index contributed by atoms with van der Waals surface area (Å²) in [6.45, 7) is 7.82. The molecule has 0 bridgehead atoms. The summed E-state index contributed by atoms with van der Waals surface area (Å²) in [5.41, 5.74) is -0.526. The Bertz CT molecular complexity index is 480. The zero-order valence-corrected chi connectivity index (χ0v) is 15.2. The maximum atomic E-state index is 10.9. The molecule has 0 aromatic rings. The van der Waals surface area contributed by atoms with Crippen LogP contribution in [0.25, 0.3) is 0 Å². The lowest BCUT2D eigenvalue weighted by Gasteiger charge is -2.26. The van der Waals surface area contributed by atoms with Crippen LogP contribution in [0.5, 0.6) is 0 Å². The molecule has 0 aromatic heterocycles. The van der Waals surface area contributed by atoms with Crippen LogP contribution in [0.15, 0.2) is 23.7 Å². The molecule has 0 saturated heterocycles. The van der Waals surface area contributed by atoms with Gasteiger partial charge in [0.1, 0.15) is 0 Å². The number of ether oxygens (including phenoxy) is 1. The van der Waals surface area contributed by atoms with E-state index in [0.29, 0.717) is 0 Å². The lowest BCUT2D eigenvalue weighted by atomic mass is 9.83. The molecule has 0 saturated carbocycles. The summed E-state index contributed by atoms with van der Waals surface area (Å²) in [5, 5.41) is 17.9. The van der Waals surface area contributed by atoms with E-state index >= 15 is 0 Å². The monoisotopic (exact) mass is 338 g/mol. The van der Waals surface area contributed by atoms with Crippen molar-refractivity contribution in [3.63, 3.8) is 0 Å². The molecule has 0 spiro atoms. The molecule has 24 heavy (non-hydrogen) atoms. The Morgan fingerprint density at radius 3 is 1.62 bits per heavy atom. The van der Waals surface area contributed by atoms with E-state index < -0.39 is 11.9 Å². The zero-order valence-electron chi connectivity index (χ0n) is 15.2. The minimum Gasteiger partial charge on any atom is -0.481 e. The van der Waals surface area contributed by atoms with Crippen molar-refractivity contribution in [2.24, 2.45) is 10.8 Å². The summed E-state index contributed by atoms with van der Waals surface area (Å²) in [6, 6.07) is 0. The van der Waals surface area contributed by atoms with Crippen molar-refractivity contribution in [1.82, 2.24) is 0 Å². The molecule has 1 heterocycles. The Kier molecular flexibility index (Phi) is 7.06. The molecule has 136 valence electrons. The van der Waals surface area contributed by atoms with Gasteiger partial charge in [-0.3, -0.25) is 9.59 Å². The molecule has 1 aliphatic rings. The third-order valence-electron chi connectivity index (χ3n) is 4.31. The molecule has 0 aromatic carbocycles. The molecule has 0 unspecified atom stereocenters. The summed E-state index contributed by atoms with van der Waals surface area (Å²) in [4.78, 5) is 21.8. The van der Waals surface area contributed by atoms with Gasteiger partial charge in [-0.1, -0.05) is 27.7 Å². The molecule has 2 N–H and O–H groups in total. The number of aliphatic carboxylic acids is 2. The van der Waals surface area contributed by atoms with Crippen LogP contribution in [0.1, 0.15) is 72.6 Å². The summed E-state index contributed by atoms with van der Waals surface area (Å²) in [5.74, 6) is 0.226. The Hall–Kier alpha value is -1.78. The third kappa shape index (κ3) is 8.18. The van der Waals surface area contributed by atoms with E-state index in [2.05, 4.69) is 0 Å². The van der Waals surface area contributed by atoms with E-state index in [1.165, 1.54) is 0 Å². The average molecular weight is 338 g/mol. The van der Waals surface area contributed by atoms with Crippen LogP contribution < -0.4 is 0 Å². The van der Waals surface area contributed by atoms with Crippen molar-refractivity contribution in [2.75, 3.05) is 0 Å². The van der Waals surface area contributed by atoms with E-state index in [0.717, 1.165) is 43.6 Å². The molecule has 5 nitrogen and oxygen atoms in total. The first-order valence-corrected chi connectivity index (χ1v) is 8.49. The normalized spacial score (nSPS) is 15.3. The van der Waals surface area contributed by atoms with Gasteiger partial charge in [0.05, 0.1) is 24.4 Å². The predicted molar refractivity (Wildman–Crippen MR) is 92.4 cm³/mol. The Labute approximate surface area is 144 Å². The highest BCUT2D eigenvalue weighted by atomic mass is 16.5. The minimum absolute atomic E-state index is 0.145. The van der Waals surface area contributed by atoms with E-state index in [9.17, 15) is 9.59 Å². The highest BCUT2D eigenvalue weighted by Crippen LogP contribution is 2.33. The van der Waals surface area contributed by atoms with Crippen LogP contribution >= 0.6 is 0 Å². The fraction of sp³-hybridized carbons (Fsp3) is 0.684. The number of rotatable bonds is 10. The van der Waals surface area contributed by atoms with Crippen molar-refractivity contribution in [3.05, 3.63) is 23.7 Å². The van der Waals surface area contributed by atoms with Crippen molar-refractivity contribution < 1.29 is 24.5 Å². The first kappa shape index (κ1) is 20.3. The maximum Gasteiger partial charge on any atom is 0.303 e. The molecule has 0 fully saturated rings. The minimum atomic E-state index is -0.778. The maximum absolute atomic E-state index is 10.9. The van der Waals surface area contributed by atoms with Gasteiger partial charge in [0, 0.05) is 12.8 Å². The molecular formula is C19H30O5. The average Bonchev–Trinajstić information content (AvgIpc) is 2.41. The lowest BCUT2D eigenvalue weighted by molar-refractivity contribution is -0.140. The van der Waals surface area contributed by atoms with Crippen LogP contribution in [-0.4, -0.2) is 22.2 Å². The highest BCUT2D eigenvalue weighted by Gasteiger charge is 2.24. The van der Waals surface area contributed by atoms with E-state index in [-0.39, 0.29) is 23.7 Å². The van der Waals surface area contributed by atoms with Gasteiger partial charge < -0.3 is 14.9 Å². The van der Waals surface area contributed by atoms with E-state index in [4.69, 9.17) is 14.9 Å². The van der Waals surface area contributed by atoms with Gasteiger partial charge in [-0.25, -0.2) is 0 Å². The topological polar surface area (TPSA) is 83.8 Å². The first-order chi connectivity index (χ1) is 11.0. The van der Waals surface area contributed by atoms with Gasteiger partial charge in [0.25, 0.3) is 0 Å². The Balaban J connectivity index is 2.45. The SMILES string of the molecule is CC(C)(CCC1=CCC=C(CCC(C)(C)CC(=O)O)O1)CC(=O)O. The molecule has 0 aliphatic carbocycles. The van der Waals surface area contributed by atoms with Crippen molar-refractivity contribution in [2.45, 2.75) is 72.6 Å². The number of hydrogen-bond acceptors (Lipinski definition) is 3. The largest absolute Gasteiger partial charge is 0.481 e. The van der Waals surface area contributed by atoms with Gasteiger partial charge >= 0.3 is 11.9 Å². The van der Waals surface area contributed by atoms with Gasteiger partial charge in [-0.15, -0.1) is 0 Å². The zero-order chi connectivity index (χ0) is 18.4. The molecule has 5 heteroatoms. The number of carboxylic acids is 2. The second-order valence-electron chi connectivity index (χ2n) is 8.15. The lowest BCUT2D eigenvalue weighted by Crippen LogP contribution is -2.18. The fourth-order valence-electron chi connectivity index (χ4n) is 2.80. The summed E-state index contributed by atoms with van der Waals surface area (Å²) >= 11 is 0. The second-order valence-corrected chi connectivity index (χ2v) is 8.15. The summed E-state index contributed by atoms with van der Waals surface area (Å²) < 4.78 is 5.91. The van der Waals surface area contributed by atoms with Crippen LogP contribution in [0.4, 0.5) is 0 Å². The van der Waals surface area contributed by atoms with E-state index in [1.54, 1.807) is 0 Å². The van der Waals surface area contributed by atoms with Crippen LogP contribution in [0.2, 0.25) is 0 Å². The van der Waals surface area contributed by atoms with Crippen LogP contribution in [0.3, 0.4) is 0 Å². The van der Waals surface area contributed by atoms with E-state index in [1.807, 2.05) is 39.8 Å². The molecule has 0 radical (unpaired) electrons. The quantitative estimate of drug-likeness (QED) is 0.601. The van der Waals surface area contributed by atoms with Crippen LogP contribution in [0, 0.1) is 10.8 Å². The Morgan fingerprint density at radius 2 is 1.29 bits per heavy atom. The summed E-state index contributed by atoms with van der Waals surface area (Å²) in [7, 11) is 0. The van der Waals surface area contributed by atoms with Crippen molar-refractivity contribution in [3.8, 4) is 0 Å². The smallest absolute Gasteiger partial charge is 0.303 e. The third-order valence-corrected chi connectivity index (χ3v) is 4.31. The fourth-order valence-corrected chi connectivity index (χ4v) is 2.80. The summed E-state index contributed by atoms with van der Waals surface area (Å²) in [6.07, 6.45) is 8.10. The molecule has 1 aliphatic heterocycles. The molecular weight excluding hydrogens is 308 g/mol. The predicted octanol–water partition coefficient (Wildman–Crippen LogP) is 4.74. The second kappa shape index (κ2) is 8.36. The number of carbonyl (C=O) groups is 2. The standard InChI is InChI=1S/C19H30O5/c1-18(2,12-16(20)21)10-8-14-6-5-7-15(24-14)9-11-19(3,4)13-17(22)23/h6-7H,5,8-13H2,1-4H3,(H,20,21)(H,22,23). The number of allylic oxidation sites excluding steroid dienone is 4. The number of hydrogen-bond donors (Lipinski definition) is 2. The Morgan fingerprint density at radius 1 is 0.917 bits per heavy atom. The molecule has 1 rings (SSSR count). The van der Waals surface area contributed by atoms with Gasteiger partial charge in [-0.05, 0) is 42.2 Å². The van der Waals surface area contributed by atoms with Crippen LogP contribution in [-0.2, 0) is 14.3 Å². The number of carboxylic acid groups (broad SMARTS) is 2. The highest BCUT2D eigenvalue weighted by molar-refractivity contribution is 5.67. The van der Waals surface area contributed by atoms with Gasteiger partial charge in [0.15, 0.2) is 0 Å². The molecule has 0 atom stereocenters. The van der Waals surface area contributed by atoms with Crippen molar-refractivity contribution >= 4 is 11.9 Å². The molecule has 0 amide bonds.